The monoisotopic (exact) mass is 355 g/mol. The van der Waals surface area contributed by atoms with Crippen LogP contribution in [0.3, 0.4) is 0 Å². The zero-order chi connectivity index (χ0) is 18.5. The van der Waals surface area contributed by atoms with Gasteiger partial charge in [-0.05, 0) is 57.1 Å². The summed E-state index contributed by atoms with van der Waals surface area (Å²) < 4.78 is 27.6. The lowest BCUT2D eigenvalue weighted by Gasteiger charge is -2.16. The summed E-state index contributed by atoms with van der Waals surface area (Å²) in [5.74, 6) is -0.921. The summed E-state index contributed by atoms with van der Waals surface area (Å²) in [4.78, 5) is 11.6. The van der Waals surface area contributed by atoms with Gasteiger partial charge in [-0.2, -0.15) is 0 Å². The van der Waals surface area contributed by atoms with E-state index < -0.39 is 21.9 Å². The second-order valence-electron chi connectivity index (χ2n) is 6.93. The smallest absolute Gasteiger partial charge is 0.306 e. The molecule has 0 aliphatic carbocycles. The molecular formula is C18H29NO4S. The van der Waals surface area contributed by atoms with Gasteiger partial charge in [0.2, 0.25) is 10.0 Å². The molecule has 1 aromatic carbocycles. The second kappa shape index (κ2) is 8.62. The predicted molar refractivity (Wildman–Crippen MR) is 95.7 cm³/mol. The van der Waals surface area contributed by atoms with Crippen LogP contribution in [0.2, 0.25) is 0 Å². The number of carboxylic acids is 1. The van der Waals surface area contributed by atoms with Crippen molar-refractivity contribution in [3.05, 3.63) is 28.8 Å². The van der Waals surface area contributed by atoms with Crippen molar-refractivity contribution < 1.29 is 18.3 Å². The van der Waals surface area contributed by atoms with Crippen molar-refractivity contribution >= 4 is 16.0 Å². The van der Waals surface area contributed by atoms with Gasteiger partial charge in [0, 0.05) is 6.54 Å². The molecule has 0 radical (unpaired) electrons. The minimum absolute atomic E-state index is 0.247. The number of aryl methyl sites for hydroxylation is 3. The van der Waals surface area contributed by atoms with E-state index in [4.69, 9.17) is 0 Å². The van der Waals surface area contributed by atoms with Gasteiger partial charge in [0.15, 0.2) is 0 Å². The number of benzene rings is 1. The summed E-state index contributed by atoms with van der Waals surface area (Å²) in [6.07, 6.45) is 1.59. The fraction of sp³-hybridized carbons (Fsp3) is 0.611. The Kier molecular flexibility index (Phi) is 7.42. The number of carbonyl (C=O) groups is 1. The molecule has 0 heterocycles. The first-order valence-electron chi connectivity index (χ1n) is 8.35. The lowest BCUT2D eigenvalue weighted by molar-refractivity contribution is -0.142. The van der Waals surface area contributed by atoms with E-state index >= 15 is 0 Å². The number of carboxylic acid groups (broad SMARTS) is 1. The van der Waals surface area contributed by atoms with Crippen LogP contribution in [0.25, 0.3) is 0 Å². The summed E-state index contributed by atoms with van der Waals surface area (Å²) in [7, 11) is -3.58. The van der Waals surface area contributed by atoms with E-state index in [9.17, 15) is 18.3 Å². The molecule has 1 unspecified atom stereocenters. The van der Waals surface area contributed by atoms with Crippen LogP contribution in [0, 0.1) is 32.6 Å². The Morgan fingerprint density at radius 3 is 2.17 bits per heavy atom. The quantitative estimate of drug-likeness (QED) is 0.665. The molecule has 0 amide bonds. The zero-order valence-corrected chi connectivity index (χ0v) is 16.0. The number of nitrogens with one attached hydrogen (secondary N) is 1. The van der Waals surface area contributed by atoms with Gasteiger partial charge >= 0.3 is 5.97 Å². The zero-order valence-electron chi connectivity index (χ0n) is 15.2. The molecule has 5 nitrogen and oxygen atoms in total. The Balaban J connectivity index is 2.69. The molecule has 0 fully saturated rings. The van der Waals surface area contributed by atoms with Gasteiger partial charge in [-0.1, -0.05) is 31.5 Å². The van der Waals surface area contributed by atoms with Crippen LogP contribution in [-0.2, 0) is 14.8 Å². The Hall–Kier alpha value is -1.40. The van der Waals surface area contributed by atoms with Crippen LogP contribution in [0.5, 0.6) is 0 Å². The Morgan fingerprint density at radius 1 is 1.17 bits per heavy atom. The Labute approximate surface area is 145 Å². The van der Waals surface area contributed by atoms with Gasteiger partial charge in [0.05, 0.1) is 10.8 Å². The summed E-state index contributed by atoms with van der Waals surface area (Å²) in [6, 6.07) is 3.70. The van der Waals surface area contributed by atoms with Gasteiger partial charge in [0.1, 0.15) is 0 Å². The highest BCUT2D eigenvalue weighted by Gasteiger charge is 2.21. The molecule has 24 heavy (non-hydrogen) atoms. The largest absolute Gasteiger partial charge is 0.481 e. The third kappa shape index (κ3) is 5.91. The van der Waals surface area contributed by atoms with E-state index in [1.165, 1.54) is 0 Å². The first-order chi connectivity index (χ1) is 11.0. The third-order valence-electron chi connectivity index (χ3n) is 4.00. The first-order valence-corrected chi connectivity index (χ1v) is 9.83. The maximum atomic E-state index is 12.5. The minimum Gasteiger partial charge on any atom is -0.481 e. The highest BCUT2D eigenvalue weighted by Crippen LogP contribution is 2.22. The van der Waals surface area contributed by atoms with E-state index in [2.05, 4.69) is 4.72 Å². The molecule has 0 saturated carbocycles. The average Bonchev–Trinajstić information content (AvgIpc) is 2.39. The summed E-state index contributed by atoms with van der Waals surface area (Å²) >= 11 is 0. The number of aliphatic carboxylic acids is 1. The molecular weight excluding hydrogens is 326 g/mol. The highest BCUT2D eigenvalue weighted by atomic mass is 32.2. The maximum absolute atomic E-state index is 12.5. The molecule has 136 valence electrons. The molecule has 0 saturated heterocycles. The molecule has 1 atom stereocenters. The van der Waals surface area contributed by atoms with Gasteiger partial charge in [0.25, 0.3) is 0 Å². The van der Waals surface area contributed by atoms with Crippen molar-refractivity contribution in [1.82, 2.24) is 4.72 Å². The molecule has 0 spiro atoms. The summed E-state index contributed by atoms with van der Waals surface area (Å²) in [5.41, 5.74) is 2.48. The molecule has 1 rings (SSSR count). The lowest BCUT2D eigenvalue weighted by atomic mass is 9.93. The number of rotatable bonds is 9. The van der Waals surface area contributed by atoms with Crippen molar-refractivity contribution in [3.8, 4) is 0 Å². The van der Waals surface area contributed by atoms with Crippen molar-refractivity contribution in [2.75, 3.05) is 6.54 Å². The van der Waals surface area contributed by atoms with Crippen molar-refractivity contribution in [2.24, 2.45) is 11.8 Å². The van der Waals surface area contributed by atoms with E-state index in [1.54, 1.807) is 13.8 Å². The molecule has 0 bridgehead atoms. The Bertz CT molecular complexity index is 657. The molecule has 1 aromatic rings. The van der Waals surface area contributed by atoms with Gasteiger partial charge in [-0.25, -0.2) is 13.1 Å². The average molecular weight is 356 g/mol. The van der Waals surface area contributed by atoms with E-state index in [0.717, 1.165) is 16.7 Å². The minimum atomic E-state index is -3.58. The van der Waals surface area contributed by atoms with Gasteiger partial charge in [-0.3, -0.25) is 4.79 Å². The third-order valence-corrected chi connectivity index (χ3v) is 5.77. The maximum Gasteiger partial charge on any atom is 0.306 e. The second-order valence-corrected chi connectivity index (χ2v) is 8.64. The normalized spacial score (nSPS) is 13.2. The topological polar surface area (TPSA) is 83.5 Å². The van der Waals surface area contributed by atoms with Crippen molar-refractivity contribution in [1.29, 1.82) is 0 Å². The summed E-state index contributed by atoms with van der Waals surface area (Å²) in [6.45, 7) is 9.74. The predicted octanol–water partition coefficient (Wildman–Crippen LogP) is 3.42. The molecule has 0 aliphatic heterocycles. The highest BCUT2D eigenvalue weighted by molar-refractivity contribution is 7.89. The van der Waals surface area contributed by atoms with E-state index in [-0.39, 0.29) is 6.54 Å². The van der Waals surface area contributed by atoms with E-state index in [1.807, 2.05) is 32.9 Å². The van der Waals surface area contributed by atoms with Gasteiger partial charge < -0.3 is 5.11 Å². The molecule has 6 heteroatoms. The number of hydrogen-bond acceptors (Lipinski definition) is 3. The van der Waals surface area contributed by atoms with Crippen LogP contribution in [0.4, 0.5) is 0 Å². The van der Waals surface area contributed by atoms with Crippen molar-refractivity contribution in [3.63, 3.8) is 0 Å². The summed E-state index contributed by atoms with van der Waals surface area (Å²) in [5, 5.41) is 9.22. The fourth-order valence-electron chi connectivity index (χ4n) is 3.13. The van der Waals surface area contributed by atoms with Crippen LogP contribution < -0.4 is 4.72 Å². The fourth-order valence-corrected chi connectivity index (χ4v) is 4.65. The standard InChI is InChI=1S/C18H29NO4S/c1-12(2)9-16(18(20)21)7-6-8-19-24(22,23)17-14(4)10-13(3)11-15(17)5/h10-12,16,19H,6-9H2,1-5H3,(H,20,21). The van der Waals surface area contributed by atoms with Crippen LogP contribution in [0.15, 0.2) is 17.0 Å². The molecule has 0 aromatic heterocycles. The van der Waals surface area contributed by atoms with Crippen LogP contribution >= 0.6 is 0 Å². The number of hydrogen-bond donors (Lipinski definition) is 2. The number of sulfonamides is 1. The van der Waals surface area contributed by atoms with E-state index in [0.29, 0.717) is 30.1 Å². The van der Waals surface area contributed by atoms with Gasteiger partial charge in [-0.15, -0.1) is 0 Å². The van der Waals surface area contributed by atoms with Crippen LogP contribution in [0.1, 0.15) is 49.8 Å². The molecule has 0 aliphatic rings. The SMILES string of the molecule is Cc1cc(C)c(S(=O)(=O)NCCCC(CC(C)C)C(=O)O)c(C)c1. The van der Waals surface area contributed by atoms with Crippen molar-refractivity contribution in [2.45, 2.75) is 58.8 Å². The lowest BCUT2D eigenvalue weighted by Crippen LogP contribution is -2.27. The van der Waals surface area contributed by atoms with Crippen LogP contribution in [-0.4, -0.2) is 26.0 Å². The first kappa shape index (κ1) is 20.6. The Morgan fingerprint density at radius 2 is 1.71 bits per heavy atom. The molecule has 2 N–H and O–H groups in total.